The van der Waals surface area contributed by atoms with E-state index in [1.807, 2.05) is 18.2 Å². The van der Waals surface area contributed by atoms with Gasteiger partial charge in [0, 0.05) is 57.6 Å². The largest absolute Gasteiger partial charge is 0.497 e. The van der Waals surface area contributed by atoms with Crippen LogP contribution in [0.1, 0.15) is 27.5 Å². The second kappa shape index (κ2) is 9.06. The van der Waals surface area contributed by atoms with Crippen molar-refractivity contribution in [3.05, 3.63) is 59.2 Å². The van der Waals surface area contributed by atoms with Gasteiger partial charge < -0.3 is 19.9 Å². The van der Waals surface area contributed by atoms with Crippen LogP contribution >= 0.6 is 0 Å². The van der Waals surface area contributed by atoms with Crippen molar-refractivity contribution in [2.24, 2.45) is 0 Å². The Bertz CT molecular complexity index is 893. The minimum absolute atomic E-state index is 0.0612. The molecule has 6 nitrogen and oxygen atoms in total. The third-order valence-electron chi connectivity index (χ3n) is 6.38. The van der Waals surface area contributed by atoms with E-state index >= 15 is 0 Å². The Morgan fingerprint density at radius 3 is 2.63 bits per heavy atom. The van der Waals surface area contributed by atoms with Gasteiger partial charge in [-0.3, -0.25) is 9.69 Å². The monoisotopic (exact) mass is 408 g/mol. The number of carbonyl (C=O) groups is 1. The molecule has 2 aromatic rings. The quantitative estimate of drug-likeness (QED) is 0.796. The standard InChI is InChI=1S/C24H32N4O2/c1-26-11-13-28(14-12-26)23(18-7-8-22-19(15-18)9-10-27(22)2)17-25-24(29)20-5-4-6-21(16-20)30-3/h4-8,15-16,23H,9-14,17H2,1-3H3,(H,25,29)/t23-/m0/s1. The summed E-state index contributed by atoms with van der Waals surface area (Å²) in [6, 6.07) is 14.3. The lowest BCUT2D eigenvalue weighted by atomic mass is 10.00. The molecule has 6 heteroatoms. The van der Waals surface area contributed by atoms with E-state index in [-0.39, 0.29) is 11.9 Å². The van der Waals surface area contributed by atoms with Gasteiger partial charge in [0.05, 0.1) is 13.2 Å². The number of benzene rings is 2. The van der Waals surface area contributed by atoms with Crippen LogP contribution in [-0.4, -0.2) is 76.2 Å². The number of rotatable bonds is 6. The van der Waals surface area contributed by atoms with E-state index in [0.717, 1.165) is 39.1 Å². The molecule has 1 atom stereocenters. The van der Waals surface area contributed by atoms with Crippen molar-refractivity contribution in [2.45, 2.75) is 12.5 Å². The molecule has 1 fully saturated rings. The van der Waals surface area contributed by atoms with Crippen LogP contribution in [-0.2, 0) is 6.42 Å². The van der Waals surface area contributed by atoms with Gasteiger partial charge in [-0.15, -0.1) is 0 Å². The number of likely N-dealkylation sites (N-methyl/N-ethyl adjacent to an activating group) is 2. The van der Waals surface area contributed by atoms with Crippen molar-refractivity contribution in [3.8, 4) is 5.75 Å². The van der Waals surface area contributed by atoms with Gasteiger partial charge in [0.1, 0.15) is 5.75 Å². The minimum atomic E-state index is -0.0612. The fraction of sp³-hybridized carbons (Fsp3) is 0.458. The molecule has 2 aromatic carbocycles. The highest BCUT2D eigenvalue weighted by atomic mass is 16.5. The summed E-state index contributed by atoms with van der Waals surface area (Å²) < 4.78 is 5.26. The molecule has 30 heavy (non-hydrogen) atoms. The molecule has 0 saturated carbocycles. The van der Waals surface area contributed by atoms with Crippen LogP contribution in [0.5, 0.6) is 5.75 Å². The van der Waals surface area contributed by atoms with Gasteiger partial charge in [0.25, 0.3) is 5.91 Å². The number of nitrogens with zero attached hydrogens (tertiary/aromatic N) is 3. The molecule has 0 aliphatic carbocycles. The summed E-state index contributed by atoms with van der Waals surface area (Å²) in [6.07, 6.45) is 1.09. The molecule has 0 spiro atoms. The summed E-state index contributed by atoms with van der Waals surface area (Å²) in [6.45, 7) is 5.78. The number of hydrogen-bond acceptors (Lipinski definition) is 5. The average molecular weight is 409 g/mol. The van der Waals surface area contributed by atoms with Gasteiger partial charge >= 0.3 is 0 Å². The van der Waals surface area contributed by atoms with Crippen LogP contribution in [0.4, 0.5) is 5.69 Å². The Kier molecular flexibility index (Phi) is 6.25. The molecule has 0 bridgehead atoms. The van der Waals surface area contributed by atoms with E-state index in [0.29, 0.717) is 17.9 Å². The van der Waals surface area contributed by atoms with Crippen LogP contribution < -0.4 is 15.0 Å². The third kappa shape index (κ3) is 4.45. The van der Waals surface area contributed by atoms with Crippen LogP contribution in [0.2, 0.25) is 0 Å². The fourth-order valence-corrected chi connectivity index (χ4v) is 4.44. The molecule has 2 aliphatic rings. The topological polar surface area (TPSA) is 48.1 Å². The van der Waals surface area contributed by atoms with Gasteiger partial charge in [-0.05, 0) is 48.9 Å². The summed E-state index contributed by atoms with van der Waals surface area (Å²) in [7, 11) is 5.94. The Balaban J connectivity index is 1.52. The summed E-state index contributed by atoms with van der Waals surface area (Å²) in [5.41, 5.74) is 4.66. The molecule has 0 aromatic heterocycles. The number of piperazine rings is 1. The lowest BCUT2D eigenvalue weighted by Crippen LogP contribution is -2.48. The van der Waals surface area contributed by atoms with Crippen molar-refractivity contribution < 1.29 is 9.53 Å². The molecule has 0 unspecified atom stereocenters. The van der Waals surface area contributed by atoms with Gasteiger partial charge in [0.2, 0.25) is 0 Å². The number of anilines is 1. The minimum Gasteiger partial charge on any atom is -0.497 e. The number of nitrogens with one attached hydrogen (secondary N) is 1. The molecule has 0 radical (unpaired) electrons. The molecule has 1 N–H and O–H groups in total. The van der Waals surface area contributed by atoms with Crippen molar-refractivity contribution >= 4 is 11.6 Å². The van der Waals surface area contributed by atoms with Crippen molar-refractivity contribution in [3.63, 3.8) is 0 Å². The molecular weight excluding hydrogens is 376 g/mol. The highest BCUT2D eigenvalue weighted by molar-refractivity contribution is 5.94. The molecule has 160 valence electrons. The maximum absolute atomic E-state index is 12.8. The molecule has 1 saturated heterocycles. The predicted molar refractivity (Wildman–Crippen MR) is 121 cm³/mol. The van der Waals surface area contributed by atoms with E-state index in [4.69, 9.17) is 4.74 Å². The summed E-state index contributed by atoms with van der Waals surface area (Å²) >= 11 is 0. The first-order chi connectivity index (χ1) is 14.5. The average Bonchev–Trinajstić information content (AvgIpc) is 3.15. The Labute approximate surface area is 179 Å². The molecule has 2 aliphatic heterocycles. The predicted octanol–water partition coefficient (Wildman–Crippen LogP) is 2.41. The van der Waals surface area contributed by atoms with Crippen molar-refractivity contribution in [1.29, 1.82) is 0 Å². The zero-order valence-corrected chi connectivity index (χ0v) is 18.2. The zero-order chi connectivity index (χ0) is 21.1. The zero-order valence-electron chi connectivity index (χ0n) is 18.2. The fourth-order valence-electron chi connectivity index (χ4n) is 4.44. The van der Waals surface area contributed by atoms with Crippen LogP contribution in [0.25, 0.3) is 0 Å². The normalized spacial score (nSPS) is 18.2. The number of amides is 1. The van der Waals surface area contributed by atoms with Gasteiger partial charge in [0.15, 0.2) is 0 Å². The van der Waals surface area contributed by atoms with Crippen molar-refractivity contribution in [1.82, 2.24) is 15.1 Å². The van der Waals surface area contributed by atoms with Crippen LogP contribution in [0, 0.1) is 0 Å². The second-order valence-corrected chi connectivity index (χ2v) is 8.36. The van der Waals surface area contributed by atoms with Crippen LogP contribution in [0.3, 0.4) is 0 Å². The lowest BCUT2D eigenvalue weighted by Gasteiger charge is -2.38. The number of hydrogen-bond donors (Lipinski definition) is 1. The van der Waals surface area contributed by atoms with E-state index < -0.39 is 0 Å². The highest BCUT2D eigenvalue weighted by Gasteiger charge is 2.26. The van der Waals surface area contributed by atoms with E-state index in [1.165, 1.54) is 16.8 Å². The number of ether oxygens (including phenoxy) is 1. The van der Waals surface area contributed by atoms with Crippen molar-refractivity contribution in [2.75, 3.05) is 65.4 Å². The summed E-state index contributed by atoms with van der Waals surface area (Å²) in [5, 5.41) is 3.17. The molecule has 4 rings (SSSR count). The Hall–Kier alpha value is -2.57. The van der Waals surface area contributed by atoms with E-state index in [9.17, 15) is 4.79 Å². The summed E-state index contributed by atoms with van der Waals surface area (Å²) in [4.78, 5) is 20.0. The van der Waals surface area contributed by atoms with E-state index in [1.54, 1.807) is 13.2 Å². The number of methoxy groups -OCH3 is 1. The third-order valence-corrected chi connectivity index (χ3v) is 6.38. The van der Waals surface area contributed by atoms with E-state index in [2.05, 4.69) is 52.3 Å². The SMILES string of the molecule is COc1cccc(C(=O)NC[C@@H](c2ccc3c(c2)CCN3C)N2CCN(C)CC2)c1. The lowest BCUT2D eigenvalue weighted by molar-refractivity contribution is 0.0886. The van der Waals surface area contributed by atoms with Gasteiger partial charge in [-0.25, -0.2) is 0 Å². The van der Waals surface area contributed by atoms with Gasteiger partial charge in [-0.1, -0.05) is 18.2 Å². The highest BCUT2D eigenvalue weighted by Crippen LogP contribution is 2.31. The summed E-state index contributed by atoms with van der Waals surface area (Å²) in [5.74, 6) is 0.634. The first kappa shape index (κ1) is 20.7. The maximum Gasteiger partial charge on any atom is 0.251 e. The Morgan fingerprint density at radius 1 is 1.07 bits per heavy atom. The van der Waals surface area contributed by atoms with Crippen LogP contribution in [0.15, 0.2) is 42.5 Å². The maximum atomic E-state index is 12.8. The molecule has 1 amide bonds. The second-order valence-electron chi connectivity index (χ2n) is 8.36. The number of carbonyl (C=O) groups excluding carboxylic acids is 1. The molecular formula is C24H32N4O2. The first-order valence-electron chi connectivity index (χ1n) is 10.7. The number of fused-ring (bicyclic) bond motifs is 1. The van der Waals surface area contributed by atoms with Gasteiger partial charge in [-0.2, -0.15) is 0 Å². The first-order valence-corrected chi connectivity index (χ1v) is 10.7. The smallest absolute Gasteiger partial charge is 0.251 e. The Morgan fingerprint density at radius 2 is 1.87 bits per heavy atom. The molecule has 2 heterocycles.